The van der Waals surface area contributed by atoms with E-state index in [2.05, 4.69) is 26.0 Å². The lowest BCUT2D eigenvalue weighted by atomic mass is 10.00. The van der Waals surface area contributed by atoms with Crippen molar-refractivity contribution in [3.05, 3.63) is 34.7 Å². The summed E-state index contributed by atoms with van der Waals surface area (Å²) in [6, 6.07) is 8.18. The average Bonchev–Trinajstić information content (AvgIpc) is 2.68. The third kappa shape index (κ3) is 2.56. The zero-order valence-corrected chi connectivity index (χ0v) is 11.8. The largest absolute Gasteiger partial charge is 0.462 e. The highest BCUT2D eigenvalue weighted by Crippen LogP contribution is 2.33. The molecule has 2 rings (SSSR count). The van der Waals surface area contributed by atoms with E-state index in [1.807, 2.05) is 19.1 Å². The minimum absolute atomic E-state index is 0.186. The van der Waals surface area contributed by atoms with Crippen molar-refractivity contribution in [1.82, 2.24) is 0 Å². The lowest BCUT2D eigenvalue weighted by molar-refractivity contribution is 0.0531. The molecule has 0 aliphatic heterocycles. The van der Waals surface area contributed by atoms with Gasteiger partial charge in [-0.1, -0.05) is 32.0 Å². The Kier molecular flexibility index (Phi) is 4.02. The SMILES string of the molecule is CCOC(=O)c1sc2ccccc2c1CC(C)C. The van der Waals surface area contributed by atoms with E-state index in [1.54, 1.807) is 0 Å². The molecule has 1 aromatic carbocycles. The van der Waals surface area contributed by atoms with Crippen molar-refractivity contribution in [3.63, 3.8) is 0 Å². The third-order valence-electron chi connectivity index (χ3n) is 2.77. The van der Waals surface area contributed by atoms with Gasteiger partial charge in [0.1, 0.15) is 4.88 Å². The van der Waals surface area contributed by atoms with Gasteiger partial charge < -0.3 is 4.74 Å². The van der Waals surface area contributed by atoms with Gasteiger partial charge in [-0.25, -0.2) is 4.79 Å². The molecule has 0 saturated carbocycles. The quantitative estimate of drug-likeness (QED) is 0.769. The maximum atomic E-state index is 12.0. The van der Waals surface area contributed by atoms with E-state index < -0.39 is 0 Å². The van der Waals surface area contributed by atoms with Gasteiger partial charge in [-0.15, -0.1) is 11.3 Å². The Hall–Kier alpha value is -1.35. The van der Waals surface area contributed by atoms with Gasteiger partial charge in [-0.2, -0.15) is 0 Å². The zero-order valence-electron chi connectivity index (χ0n) is 11.0. The number of hydrogen-bond donors (Lipinski definition) is 0. The van der Waals surface area contributed by atoms with Crippen LogP contribution in [0.2, 0.25) is 0 Å². The maximum absolute atomic E-state index is 12.0. The Balaban J connectivity index is 2.53. The van der Waals surface area contributed by atoms with E-state index in [-0.39, 0.29) is 5.97 Å². The van der Waals surface area contributed by atoms with Gasteiger partial charge in [-0.3, -0.25) is 0 Å². The number of rotatable bonds is 4. The zero-order chi connectivity index (χ0) is 13.1. The molecule has 0 unspecified atom stereocenters. The molecule has 3 heteroatoms. The standard InChI is InChI=1S/C15H18O2S/c1-4-17-15(16)14-12(9-10(2)3)11-7-5-6-8-13(11)18-14/h5-8,10H,4,9H2,1-3H3. The normalized spacial score (nSPS) is 11.1. The molecule has 0 radical (unpaired) electrons. The summed E-state index contributed by atoms with van der Waals surface area (Å²) in [5.41, 5.74) is 1.14. The Morgan fingerprint density at radius 3 is 2.72 bits per heavy atom. The minimum atomic E-state index is -0.186. The van der Waals surface area contributed by atoms with E-state index in [9.17, 15) is 4.79 Å². The Labute approximate surface area is 112 Å². The van der Waals surface area contributed by atoms with Crippen molar-refractivity contribution in [1.29, 1.82) is 0 Å². The fourth-order valence-corrected chi connectivity index (χ4v) is 3.20. The van der Waals surface area contributed by atoms with Gasteiger partial charge in [-0.05, 0) is 36.3 Å². The van der Waals surface area contributed by atoms with Crippen LogP contribution in [0.25, 0.3) is 10.1 Å². The molecule has 0 aliphatic rings. The van der Waals surface area contributed by atoms with Crippen molar-refractivity contribution < 1.29 is 9.53 Å². The summed E-state index contributed by atoms with van der Waals surface area (Å²) in [5, 5.41) is 1.19. The smallest absolute Gasteiger partial charge is 0.348 e. The maximum Gasteiger partial charge on any atom is 0.348 e. The Bertz CT molecular complexity index is 555. The molecule has 1 aromatic heterocycles. The van der Waals surface area contributed by atoms with Crippen molar-refractivity contribution >= 4 is 27.4 Å². The topological polar surface area (TPSA) is 26.3 Å². The third-order valence-corrected chi connectivity index (χ3v) is 3.96. The number of fused-ring (bicyclic) bond motifs is 1. The molecule has 0 amide bonds. The lowest BCUT2D eigenvalue weighted by Crippen LogP contribution is -2.06. The van der Waals surface area contributed by atoms with Crippen LogP contribution < -0.4 is 0 Å². The number of esters is 1. The summed E-state index contributed by atoms with van der Waals surface area (Å²) in [7, 11) is 0. The monoisotopic (exact) mass is 262 g/mol. The van der Waals surface area contributed by atoms with Crippen LogP contribution in [0.3, 0.4) is 0 Å². The Morgan fingerprint density at radius 2 is 2.06 bits per heavy atom. The molecule has 2 aromatic rings. The first-order chi connectivity index (χ1) is 8.63. The van der Waals surface area contributed by atoms with Crippen LogP contribution in [0.15, 0.2) is 24.3 Å². The number of hydrogen-bond acceptors (Lipinski definition) is 3. The van der Waals surface area contributed by atoms with E-state index in [1.165, 1.54) is 16.7 Å². The van der Waals surface area contributed by atoms with Crippen LogP contribution in [-0.2, 0) is 11.2 Å². The number of thiophene rings is 1. The van der Waals surface area contributed by atoms with Crippen molar-refractivity contribution in [2.24, 2.45) is 5.92 Å². The van der Waals surface area contributed by atoms with Gasteiger partial charge in [0, 0.05) is 4.70 Å². The van der Waals surface area contributed by atoms with Gasteiger partial charge >= 0.3 is 5.97 Å². The van der Waals surface area contributed by atoms with Gasteiger partial charge in [0.2, 0.25) is 0 Å². The molecule has 1 heterocycles. The molecule has 0 aliphatic carbocycles. The lowest BCUT2D eigenvalue weighted by Gasteiger charge is -2.07. The van der Waals surface area contributed by atoms with Crippen molar-refractivity contribution in [3.8, 4) is 0 Å². The van der Waals surface area contributed by atoms with Crippen LogP contribution in [0.4, 0.5) is 0 Å². The van der Waals surface area contributed by atoms with Crippen molar-refractivity contribution in [2.45, 2.75) is 27.2 Å². The van der Waals surface area contributed by atoms with Crippen LogP contribution in [0, 0.1) is 5.92 Å². The van der Waals surface area contributed by atoms with Crippen LogP contribution >= 0.6 is 11.3 Å². The van der Waals surface area contributed by atoms with E-state index in [0.29, 0.717) is 12.5 Å². The van der Waals surface area contributed by atoms with Gasteiger partial charge in [0.25, 0.3) is 0 Å². The number of carbonyl (C=O) groups is 1. The summed E-state index contributed by atoms with van der Waals surface area (Å²) in [5.74, 6) is 0.338. The van der Waals surface area contributed by atoms with Crippen LogP contribution in [0.5, 0.6) is 0 Å². The Morgan fingerprint density at radius 1 is 1.33 bits per heavy atom. The summed E-state index contributed by atoms with van der Waals surface area (Å²) < 4.78 is 6.31. The summed E-state index contributed by atoms with van der Waals surface area (Å²) in [6.07, 6.45) is 0.915. The minimum Gasteiger partial charge on any atom is -0.462 e. The molecule has 96 valence electrons. The first kappa shape index (κ1) is 13.1. The molecule has 18 heavy (non-hydrogen) atoms. The number of ether oxygens (including phenoxy) is 1. The predicted molar refractivity (Wildman–Crippen MR) is 76.3 cm³/mol. The van der Waals surface area contributed by atoms with Gasteiger partial charge in [0.15, 0.2) is 0 Å². The first-order valence-electron chi connectivity index (χ1n) is 6.31. The molecule has 0 fully saturated rings. The second-order valence-corrected chi connectivity index (χ2v) is 5.78. The highest BCUT2D eigenvalue weighted by atomic mass is 32.1. The predicted octanol–water partition coefficient (Wildman–Crippen LogP) is 4.28. The molecule has 0 N–H and O–H groups in total. The first-order valence-corrected chi connectivity index (χ1v) is 7.12. The van der Waals surface area contributed by atoms with E-state index >= 15 is 0 Å². The number of benzene rings is 1. The molecular weight excluding hydrogens is 244 g/mol. The molecule has 0 atom stereocenters. The fourth-order valence-electron chi connectivity index (χ4n) is 2.07. The summed E-state index contributed by atoms with van der Waals surface area (Å²) in [4.78, 5) is 12.8. The van der Waals surface area contributed by atoms with Gasteiger partial charge in [0.05, 0.1) is 6.61 Å². The summed E-state index contributed by atoms with van der Waals surface area (Å²) in [6.45, 7) is 6.60. The molecule has 0 bridgehead atoms. The highest BCUT2D eigenvalue weighted by Gasteiger charge is 2.19. The van der Waals surface area contributed by atoms with Crippen LogP contribution in [-0.4, -0.2) is 12.6 Å². The average molecular weight is 262 g/mol. The fraction of sp³-hybridized carbons (Fsp3) is 0.400. The number of carbonyl (C=O) groups excluding carboxylic acids is 1. The highest BCUT2D eigenvalue weighted by molar-refractivity contribution is 7.21. The second-order valence-electron chi connectivity index (χ2n) is 4.72. The van der Waals surface area contributed by atoms with Crippen LogP contribution in [0.1, 0.15) is 36.0 Å². The molecule has 2 nitrogen and oxygen atoms in total. The van der Waals surface area contributed by atoms with Crippen molar-refractivity contribution in [2.75, 3.05) is 6.61 Å². The van der Waals surface area contributed by atoms with E-state index in [4.69, 9.17) is 4.74 Å². The molecule has 0 saturated heterocycles. The summed E-state index contributed by atoms with van der Waals surface area (Å²) >= 11 is 1.54. The molecular formula is C15H18O2S. The van der Waals surface area contributed by atoms with E-state index in [0.717, 1.165) is 21.6 Å². The molecule has 0 spiro atoms. The second kappa shape index (κ2) is 5.53.